The van der Waals surface area contributed by atoms with Crippen LogP contribution in [0.5, 0.6) is 0 Å². The average Bonchev–Trinajstić information content (AvgIpc) is 3.36. The van der Waals surface area contributed by atoms with Crippen LogP contribution in [0.1, 0.15) is 36.2 Å². The molecule has 1 aliphatic carbocycles. The Balaban J connectivity index is 1.48. The number of ether oxygens (including phenoxy) is 1. The summed E-state index contributed by atoms with van der Waals surface area (Å²) in [7, 11) is 0. The zero-order chi connectivity index (χ0) is 26.6. The van der Waals surface area contributed by atoms with Gasteiger partial charge in [0.05, 0.1) is 25.8 Å². The monoisotopic (exact) mass is 517 g/mol. The van der Waals surface area contributed by atoms with Crippen molar-refractivity contribution in [3.05, 3.63) is 92.3 Å². The topological polar surface area (TPSA) is 115 Å². The van der Waals surface area contributed by atoms with Gasteiger partial charge >= 0.3 is 5.69 Å². The molecule has 2 N–H and O–H groups in total. The normalized spacial score (nSPS) is 17.1. The highest BCUT2D eigenvalue weighted by atomic mass is 16.5. The fourth-order valence-corrected chi connectivity index (χ4v) is 5.29. The lowest BCUT2D eigenvalue weighted by Gasteiger charge is -2.33. The van der Waals surface area contributed by atoms with Crippen LogP contribution < -0.4 is 21.9 Å². The standard InChI is InChI=1S/C28H31N5O5/c1-19(34)29-21-7-9-22(10-8-21)30-25(35)18-32-26-23(11-12-24(26)31-13-15-38-16-14-31)27(36)33(28(32)37)17-20-5-3-2-4-6-20/h2-10,24H,11-18H2,1H3,(H,29,34)(H,30,35). The third-order valence-corrected chi connectivity index (χ3v) is 7.01. The van der Waals surface area contributed by atoms with Crippen LogP contribution in [0.2, 0.25) is 0 Å². The number of rotatable bonds is 7. The quantitative estimate of drug-likeness (QED) is 0.495. The van der Waals surface area contributed by atoms with Crippen LogP contribution >= 0.6 is 0 Å². The second kappa shape index (κ2) is 11.2. The number of carbonyl (C=O) groups is 2. The molecule has 0 spiro atoms. The van der Waals surface area contributed by atoms with Gasteiger partial charge in [0.15, 0.2) is 0 Å². The number of nitrogens with zero attached hydrogens (tertiary/aromatic N) is 3. The number of amides is 2. The summed E-state index contributed by atoms with van der Waals surface area (Å²) in [6.45, 7) is 3.95. The van der Waals surface area contributed by atoms with Crippen molar-refractivity contribution < 1.29 is 14.3 Å². The third-order valence-electron chi connectivity index (χ3n) is 7.01. The molecule has 2 aromatic carbocycles. The van der Waals surface area contributed by atoms with E-state index in [0.717, 1.165) is 5.56 Å². The SMILES string of the molecule is CC(=O)Nc1ccc(NC(=O)Cn2c3c(c(=O)n(Cc4ccccc4)c2=O)CCC3N2CCOCC2)cc1. The molecule has 38 heavy (non-hydrogen) atoms. The maximum Gasteiger partial charge on any atom is 0.332 e. The summed E-state index contributed by atoms with van der Waals surface area (Å²) in [6.07, 6.45) is 1.27. The van der Waals surface area contributed by atoms with Gasteiger partial charge in [0.25, 0.3) is 5.56 Å². The molecule has 1 atom stereocenters. The van der Waals surface area contributed by atoms with Gasteiger partial charge in [-0.25, -0.2) is 4.79 Å². The number of carbonyl (C=O) groups excluding carboxylic acids is 2. The Labute approximate surface area is 219 Å². The second-order valence-corrected chi connectivity index (χ2v) is 9.62. The summed E-state index contributed by atoms with van der Waals surface area (Å²) >= 11 is 0. The van der Waals surface area contributed by atoms with Crippen molar-refractivity contribution in [2.75, 3.05) is 36.9 Å². The second-order valence-electron chi connectivity index (χ2n) is 9.62. The number of nitrogens with one attached hydrogen (secondary N) is 2. The van der Waals surface area contributed by atoms with Crippen molar-refractivity contribution in [1.29, 1.82) is 0 Å². The first-order valence-electron chi connectivity index (χ1n) is 12.8. The molecule has 2 amide bonds. The van der Waals surface area contributed by atoms with E-state index in [4.69, 9.17) is 4.74 Å². The molecule has 5 rings (SSSR count). The molecular weight excluding hydrogens is 486 g/mol. The molecular formula is C28H31N5O5. The minimum absolute atomic E-state index is 0.120. The molecule has 10 nitrogen and oxygen atoms in total. The van der Waals surface area contributed by atoms with E-state index in [0.29, 0.717) is 61.8 Å². The molecule has 3 aromatic rings. The van der Waals surface area contributed by atoms with Crippen molar-refractivity contribution in [1.82, 2.24) is 14.0 Å². The van der Waals surface area contributed by atoms with Gasteiger partial charge in [-0.1, -0.05) is 30.3 Å². The van der Waals surface area contributed by atoms with Gasteiger partial charge < -0.3 is 15.4 Å². The molecule has 1 fully saturated rings. The summed E-state index contributed by atoms with van der Waals surface area (Å²) in [5.41, 5.74) is 2.46. The third kappa shape index (κ3) is 5.46. The Morgan fingerprint density at radius 1 is 0.921 bits per heavy atom. The lowest BCUT2D eigenvalue weighted by Crippen LogP contribution is -2.46. The van der Waals surface area contributed by atoms with Gasteiger partial charge in [0.2, 0.25) is 11.8 Å². The van der Waals surface area contributed by atoms with Crippen LogP contribution in [0.25, 0.3) is 0 Å². The maximum atomic E-state index is 13.8. The van der Waals surface area contributed by atoms with Gasteiger partial charge in [-0.15, -0.1) is 0 Å². The molecule has 2 aliphatic rings. The summed E-state index contributed by atoms with van der Waals surface area (Å²) in [5, 5.41) is 5.52. The zero-order valence-corrected chi connectivity index (χ0v) is 21.3. The van der Waals surface area contributed by atoms with Crippen molar-refractivity contribution in [2.45, 2.75) is 38.9 Å². The van der Waals surface area contributed by atoms with Crippen LogP contribution in [0.4, 0.5) is 11.4 Å². The van der Waals surface area contributed by atoms with E-state index in [1.807, 2.05) is 30.3 Å². The van der Waals surface area contributed by atoms with E-state index in [9.17, 15) is 19.2 Å². The first-order valence-corrected chi connectivity index (χ1v) is 12.8. The fourth-order valence-electron chi connectivity index (χ4n) is 5.29. The number of hydrogen-bond acceptors (Lipinski definition) is 6. The zero-order valence-electron chi connectivity index (χ0n) is 21.3. The molecule has 10 heteroatoms. The lowest BCUT2D eigenvalue weighted by atomic mass is 10.1. The number of hydrogen-bond donors (Lipinski definition) is 2. The average molecular weight is 518 g/mol. The van der Waals surface area contributed by atoms with Crippen molar-refractivity contribution in [2.24, 2.45) is 0 Å². The lowest BCUT2D eigenvalue weighted by molar-refractivity contribution is -0.117. The molecule has 1 unspecified atom stereocenters. The summed E-state index contributed by atoms with van der Waals surface area (Å²) in [6, 6.07) is 16.0. The summed E-state index contributed by atoms with van der Waals surface area (Å²) in [4.78, 5) is 54.0. The van der Waals surface area contributed by atoms with Crippen LogP contribution in [0.15, 0.2) is 64.2 Å². The predicted molar refractivity (Wildman–Crippen MR) is 143 cm³/mol. The highest BCUT2D eigenvalue weighted by Crippen LogP contribution is 2.34. The van der Waals surface area contributed by atoms with Gasteiger partial charge in [0.1, 0.15) is 6.54 Å². The molecule has 198 valence electrons. The molecule has 1 aromatic heterocycles. The molecule has 0 radical (unpaired) electrons. The molecule has 1 saturated heterocycles. The van der Waals surface area contributed by atoms with E-state index in [1.54, 1.807) is 24.3 Å². The molecule has 0 saturated carbocycles. The Morgan fingerprint density at radius 2 is 1.58 bits per heavy atom. The van der Waals surface area contributed by atoms with Crippen LogP contribution in [-0.2, 0) is 33.8 Å². The highest BCUT2D eigenvalue weighted by molar-refractivity contribution is 5.92. The van der Waals surface area contributed by atoms with E-state index in [1.165, 1.54) is 16.1 Å². The molecule has 0 bridgehead atoms. The maximum absolute atomic E-state index is 13.8. The number of aromatic nitrogens is 2. The van der Waals surface area contributed by atoms with Crippen LogP contribution in [-0.4, -0.2) is 52.2 Å². The van der Waals surface area contributed by atoms with Crippen molar-refractivity contribution in [3.63, 3.8) is 0 Å². The molecule has 2 heterocycles. The number of anilines is 2. The van der Waals surface area contributed by atoms with Gasteiger partial charge in [-0.2, -0.15) is 0 Å². The number of morpholine rings is 1. The van der Waals surface area contributed by atoms with Gasteiger partial charge in [0, 0.05) is 42.6 Å². The number of benzene rings is 2. The minimum Gasteiger partial charge on any atom is -0.379 e. The van der Waals surface area contributed by atoms with E-state index >= 15 is 0 Å². The van der Waals surface area contributed by atoms with Gasteiger partial charge in [-0.05, 0) is 42.7 Å². The van der Waals surface area contributed by atoms with E-state index in [2.05, 4.69) is 15.5 Å². The smallest absolute Gasteiger partial charge is 0.332 e. The Morgan fingerprint density at radius 3 is 2.24 bits per heavy atom. The Kier molecular flexibility index (Phi) is 7.52. The largest absolute Gasteiger partial charge is 0.379 e. The number of fused-ring (bicyclic) bond motifs is 1. The van der Waals surface area contributed by atoms with Gasteiger partial charge in [-0.3, -0.25) is 28.4 Å². The fraction of sp³-hybridized carbons (Fsp3) is 0.357. The highest BCUT2D eigenvalue weighted by Gasteiger charge is 2.35. The Hall–Kier alpha value is -4.02. The van der Waals surface area contributed by atoms with Crippen molar-refractivity contribution in [3.8, 4) is 0 Å². The minimum atomic E-state index is -0.492. The first kappa shape index (κ1) is 25.6. The summed E-state index contributed by atoms with van der Waals surface area (Å²) in [5.74, 6) is -0.561. The van der Waals surface area contributed by atoms with Crippen LogP contribution in [0.3, 0.4) is 0 Å². The first-order chi connectivity index (χ1) is 18.4. The van der Waals surface area contributed by atoms with E-state index < -0.39 is 5.69 Å². The molecule has 1 aliphatic heterocycles. The Bertz CT molecular complexity index is 1440. The van der Waals surface area contributed by atoms with Crippen LogP contribution in [0, 0.1) is 0 Å². The predicted octanol–water partition coefficient (Wildman–Crippen LogP) is 1.97. The van der Waals surface area contributed by atoms with Crippen molar-refractivity contribution >= 4 is 23.2 Å². The van der Waals surface area contributed by atoms with E-state index in [-0.39, 0.29) is 36.5 Å². The summed E-state index contributed by atoms with van der Waals surface area (Å²) < 4.78 is 8.23.